The Morgan fingerprint density at radius 2 is 2.45 bits per heavy atom. The predicted octanol–water partition coefficient (Wildman–Crippen LogP) is -1.02. The van der Waals surface area contributed by atoms with Gasteiger partial charge in [0.25, 0.3) is 0 Å². The van der Waals surface area contributed by atoms with Crippen molar-refractivity contribution in [3.05, 3.63) is 0 Å². The van der Waals surface area contributed by atoms with Gasteiger partial charge in [0.05, 0.1) is 12.1 Å². The van der Waals surface area contributed by atoms with E-state index < -0.39 is 6.04 Å². The fourth-order valence-electron chi connectivity index (χ4n) is 0.477. The third-order valence-corrected chi connectivity index (χ3v) is 1.02. The molecule has 1 unspecified atom stereocenters. The van der Waals surface area contributed by atoms with Gasteiger partial charge in [-0.15, -0.1) is 12.3 Å². The van der Waals surface area contributed by atoms with E-state index in [0.717, 1.165) is 0 Å². The molecule has 0 aromatic carbocycles. The molecule has 0 bridgehead atoms. The Morgan fingerprint density at radius 3 is 2.91 bits per heavy atom. The molecule has 0 heterocycles. The third-order valence-electron chi connectivity index (χ3n) is 1.02. The Morgan fingerprint density at radius 1 is 1.82 bits per heavy atom. The van der Waals surface area contributed by atoms with Crippen LogP contribution in [0, 0.1) is 23.7 Å². The van der Waals surface area contributed by atoms with Gasteiger partial charge < -0.3 is 11.1 Å². The minimum absolute atomic E-state index is 0.0307. The van der Waals surface area contributed by atoms with Crippen LogP contribution in [0.25, 0.3) is 0 Å². The van der Waals surface area contributed by atoms with Gasteiger partial charge >= 0.3 is 0 Å². The summed E-state index contributed by atoms with van der Waals surface area (Å²) < 4.78 is 0. The molecule has 0 aliphatic heterocycles. The number of nitrogens with one attached hydrogen (secondary N) is 1. The number of nitrogens with zero attached hydrogens (tertiary/aromatic N) is 1. The van der Waals surface area contributed by atoms with Gasteiger partial charge in [0.2, 0.25) is 5.91 Å². The Balaban J connectivity index is 3.68. The van der Waals surface area contributed by atoms with E-state index in [1.54, 1.807) is 6.07 Å². The summed E-state index contributed by atoms with van der Waals surface area (Å²) in [4.78, 5) is 10.8. The Bertz CT molecular complexity index is 211. The SMILES string of the molecule is C#CCC(N)C(=O)NCC#N. The molecule has 3 N–H and O–H groups in total. The molecule has 58 valence electrons. The van der Waals surface area contributed by atoms with Crippen molar-refractivity contribution in [2.75, 3.05) is 6.54 Å². The third kappa shape index (κ3) is 3.96. The van der Waals surface area contributed by atoms with Crippen molar-refractivity contribution in [2.45, 2.75) is 12.5 Å². The summed E-state index contributed by atoms with van der Waals surface area (Å²) in [6.45, 7) is -0.0307. The smallest absolute Gasteiger partial charge is 0.238 e. The van der Waals surface area contributed by atoms with Crippen LogP contribution in [0.15, 0.2) is 0 Å². The molecule has 11 heavy (non-hydrogen) atoms. The summed E-state index contributed by atoms with van der Waals surface area (Å²) >= 11 is 0. The maximum atomic E-state index is 10.8. The van der Waals surface area contributed by atoms with E-state index in [1.165, 1.54) is 0 Å². The second-order valence-corrected chi connectivity index (χ2v) is 1.89. The minimum atomic E-state index is -0.701. The molecule has 0 saturated heterocycles. The highest BCUT2D eigenvalue weighted by Crippen LogP contribution is 1.84. The first kappa shape index (κ1) is 9.48. The molecule has 0 fully saturated rings. The van der Waals surface area contributed by atoms with E-state index in [9.17, 15) is 4.79 Å². The van der Waals surface area contributed by atoms with Crippen LogP contribution in [0.2, 0.25) is 0 Å². The monoisotopic (exact) mass is 151 g/mol. The van der Waals surface area contributed by atoms with E-state index in [4.69, 9.17) is 17.4 Å². The topological polar surface area (TPSA) is 78.9 Å². The molecule has 0 aliphatic carbocycles. The lowest BCUT2D eigenvalue weighted by atomic mass is 10.2. The van der Waals surface area contributed by atoms with Crippen LogP contribution in [0.1, 0.15) is 6.42 Å². The molecule has 0 aromatic rings. The lowest BCUT2D eigenvalue weighted by Gasteiger charge is -2.05. The van der Waals surface area contributed by atoms with E-state index >= 15 is 0 Å². The molecule has 0 aliphatic rings. The standard InChI is InChI=1S/C7H9N3O/c1-2-3-6(9)7(11)10-5-4-8/h1,6H,3,5,9H2,(H,10,11). The van der Waals surface area contributed by atoms with E-state index in [-0.39, 0.29) is 18.9 Å². The van der Waals surface area contributed by atoms with E-state index in [1.807, 2.05) is 0 Å². The first-order valence-electron chi connectivity index (χ1n) is 3.06. The van der Waals surface area contributed by atoms with Crippen LogP contribution < -0.4 is 11.1 Å². The van der Waals surface area contributed by atoms with Gasteiger partial charge in [-0.3, -0.25) is 4.79 Å². The number of hydrogen-bond acceptors (Lipinski definition) is 3. The van der Waals surface area contributed by atoms with Gasteiger partial charge in [0, 0.05) is 6.42 Å². The van der Waals surface area contributed by atoms with Crippen molar-refractivity contribution in [2.24, 2.45) is 5.73 Å². The quantitative estimate of drug-likeness (QED) is 0.400. The van der Waals surface area contributed by atoms with Crippen LogP contribution in [0.5, 0.6) is 0 Å². The molecular weight excluding hydrogens is 142 g/mol. The number of carbonyl (C=O) groups is 1. The number of hydrogen-bond donors (Lipinski definition) is 2. The van der Waals surface area contributed by atoms with E-state index in [0.29, 0.717) is 0 Å². The average molecular weight is 151 g/mol. The summed E-state index contributed by atoms with van der Waals surface area (Å²) in [5.41, 5.74) is 5.30. The van der Waals surface area contributed by atoms with Crippen molar-refractivity contribution in [3.8, 4) is 18.4 Å². The van der Waals surface area contributed by atoms with Gasteiger partial charge in [-0.25, -0.2) is 0 Å². The van der Waals surface area contributed by atoms with Crippen LogP contribution in [0.3, 0.4) is 0 Å². The summed E-state index contributed by atoms with van der Waals surface area (Å²) in [5, 5.41) is 10.4. The van der Waals surface area contributed by atoms with Crippen molar-refractivity contribution in [3.63, 3.8) is 0 Å². The predicted molar refractivity (Wildman–Crippen MR) is 40.0 cm³/mol. The summed E-state index contributed by atoms with van der Waals surface area (Å²) in [5.74, 6) is 1.87. The Kier molecular flexibility index (Phi) is 4.55. The number of nitrogens with two attached hydrogens (primary N) is 1. The zero-order chi connectivity index (χ0) is 8.69. The molecule has 4 heteroatoms. The number of rotatable bonds is 3. The maximum Gasteiger partial charge on any atom is 0.238 e. The molecule has 0 rings (SSSR count). The number of amides is 1. The second kappa shape index (κ2) is 5.28. The molecule has 0 spiro atoms. The lowest BCUT2D eigenvalue weighted by molar-refractivity contribution is -0.122. The molecule has 0 radical (unpaired) electrons. The van der Waals surface area contributed by atoms with Crippen LogP contribution in [0.4, 0.5) is 0 Å². The molecule has 1 amide bonds. The van der Waals surface area contributed by atoms with Crippen LogP contribution in [-0.4, -0.2) is 18.5 Å². The van der Waals surface area contributed by atoms with E-state index in [2.05, 4.69) is 11.2 Å². The average Bonchev–Trinajstić information content (AvgIpc) is 2.00. The molecule has 0 saturated carbocycles. The Labute approximate surface area is 65.4 Å². The van der Waals surface area contributed by atoms with Gasteiger partial charge in [-0.05, 0) is 0 Å². The lowest BCUT2D eigenvalue weighted by Crippen LogP contribution is -2.40. The number of nitriles is 1. The fourth-order valence-corrected chi connectivity index (χ4v) is 0.477. The number of carbonyl (C=O) groups excluding carboxylic acids is 1. The first-order valence-corrected chi connectivity index (χ1v) is 3.06. The van der Waals surface area contributed by atoms with Crippen molar-refractivity contribution in [1.29, 1.82) is 5.26 Å². The highest BCUT2D eigenvalue weighted by atomic mass is 16.2. The highest BCUT2D eigenvalue weighted by molar-refractivity contribution is 5.81. The first-order chi connectivity index (χ1) is 5.22. The van der Waals surface area contributed by atoms with Crippen molar-refractivity contribution >= 4 is 5.91 Å². The normalized spacial score (nSPS) is 10.8. The maximum absolute atomic E-state index is 10.8. The van der Waals surface area contributed by atoms with Gasteiger partial charge in [-0.2, -0.15) is 5.26 Å². The molecular formula is C7H9N3O. The van der Waals surface area contributed by atoms with Gasteiger partial charge in [0.1, 0.15) is 6.54 Å². The Hall–Kier alpha value is -1.52. The zero-order valence-electron chi connectivity index (χ0n) is 6.00. The minimum Gasteiger partial charge on any atom is -0.342 e. The summed E-state index contributed by atoms with van der Waals surface area (Å²) in [6.07, 6.45) is 5.11. The largest absolute Gasteiger partial charge is 0.342 e. The van der Waals surface area contributed by atoms with Crippen LogP contribution >= 0.6 is 0 Å². The molecule has 0 aromatic heterocycles. The van der Waals surface area contributed by atoms with Crippen molar-refractivity contribution < 1.29 is 4.79 Å². The summed E-state index contributed by atoms with van der Waals surface area (Å²) in [7, 11) is 0. The number of terminal acetylenes is 1. The van der Waals surface area contributed by atoms with Crippen LogP contribution in [-0.2, 0) is 4.79 Å². The zero-order valence-corrected chi connectivity index (χ0v) is 6.00. The van der Waals surface area contributed by atoms with Crippen molar-refractivity contribution in [1.82, 2.24) is 5.32 Å². The second-order valence-electron chi connectivity index (χ2n) is 1.89. The molecule has 4 nitrogen and oxygen atoms in total. The highest BCUT2D eigenvalue weighted by Gasteiger charge is 2.09. The fraction of sp³-hybridized carbons (Fsp3) is 0.429. The van der Waals surface area contributed by atoms with Gasteiger partial charge in [0.15, 0.2) is 0 Å². The molecule has 1 atom stereocenters. The summed E-state index contributed by atoms with van der Waals surface area (Å²) in [6, 6.07) is 1.06. The van der Waals surface area contributed by atoms with Gasteiger partial charge in [-0.1, -0.05) is 0 Å².